The highest BCUT2D eigenvalue weighted by atomic mass is 35.5. The van der Waals surface area contributed by atoms with E-state index >= 15 is 0 Å². The van der Waals surface area contributed by atoms with E-state index in [4.69, 9.17) is 11.6 Å². The van der Waals surface area contributed by atoms with Gasteiger partial charge in [0.15, 0.2) is 0 Å². The number of benzene rings is 2. The maximum Gasteiger partial charge on any atom is 0.307 e. The number of aliphatic carboxylic acids is 1. The van der Waals surface area contributed by atoms with E-state index in [-0.39, 0.29) is 18.2 Å². The molecule has 0 aliphatic carbocycles. The van der Waals surface area contributed by atoms with Crippen molar-refractivity contribution in [3.63, 3.8) is 0 Å². The first kappa shape index (κ1) is 18.0. The van der Waals surface area contributed by atoms with Gasteiger partial charge < -0.3 is 10.4 Å². The smallest absolute Gasteiger partial charge is 0.307 e. The molecule has 0 saturated heterocycles. The van der Waals surface area contributed by atoms with Crippen LogP contribution in [-0.2, 0) is 9.59 Å². The van der Waals surface area contributed by atoms with Gasteiger partial charge in [-0.05, 0) is 36.1 Å². The first-order valence-corrected chi connectivity index (χ1v) is 8.10. The first-order chi connectivity index (χ1) is 11.4. The van der Waals surface area contributed by atoms with E-state index < -0.39 is 11.9 Å². The minimum absolute atomic E-state index is 0.0999. The number of halogens is 1. The quantitative estimate of drug-likeness (QED) is 0.811. The van der Waals surface area contributed by atoms with E-state index in [0.717, 1.165) is 11.1 Å². The van der Waals surface area contributed by atoms with Crippen molar-refractivity contribution in [2.24, 2.45) is 5.92 Å². The Morgan fingerprint density at radius 1 is 1.12 bits per heavy atom. The zero-order valence-electron chi connectivity index (χ0n) is 13.6. The van der Waals surface area contributed by atoms with Crippen LogP contribution in [0.2, 0.25) is 5.02 Å². The van der Waals surface area contributed by atoms with Crippen LogP contribution in [0.3, 0.4) is 0 Å². The molecular weight excluding hydrogens is 326 g/mol. The van der Waals surface area contributed by atoms with E-state index in [9.17, 15) is 14.7 Å². The van der Waals surface area contributed by atoms with Crippen LogP contribution in [0, 0.1) is 12.8 Å². The van der Waals surface area contributed by atoms with Gasteiger partial charge in [0.2, 0.25) is 5.91 Å². The topological polar surface area (TPSA) is 66.4 Å². The van der Waals surface area contributed by atoms with Crippen LogP contribution >= 0.6 is 11.6 Å². The molecule has 5 heteroatoms. The van der Waals surface area contributed by atoms with Crippen LogP contribution in [0.5, 0.6) is 0 Å². The first-order valence-electron chi connectivity index (χ1n) is 7.73. The van der Waals surface area contributed by atoms with Gasteiger partial charge in [0.25, 0.3) is 0 Å². The lowest BCUT2D eigenvalue weighted by molar-refractivity contribution is -0.144. The van der Waals surface area contributed by atoms with Gasteiger partial charge in [-0.3, -0.25) is 9.59 Å². The van der Waals surface area contributed by atoms with Gasteiger partial charge >= 0.3 is 5.97 Å². The Morgan fingerprint density at radius 3 is 2.42 bits per heavy atom. The highest BCUT2D eigenvalue weighted by molar-refractivity contribution is 6.31. The molecule has 0 bridgehead atoms. The average Bonchev–Trinajstić information content (AvgIpc) is 2.57. The lowest BCUT2D eigenvalue weighted by Crippen LogP contribution is -2.26. The third-order valence-electron chi connectivity index (χ3n) is 4.19. The Hall–Kier alpha value is -2.33. The number of hydrogen-bond acceptors (Lipinski definition) is 2. The largest absolute Gasteiger partial charge is 0.481 e. The molecule has 0 saturated carbocycles. The van der Waals surface area contributed by atoms with Crippen LogP contribution in [0.1, 0.15) is 30.4 Å². The van der Waals surface area contributed by atoms with Crippen molar-refractivity contribution in [1.82, 2.24) is 0 Å². The van der Waals surface area contributed by atoms with Gasteiger partial charge in [-0.25, -0.2) is 0 Å². The van der Waals surface area contributed by atoms with Gasteiger partial charge in [-0.1, -0.05) is 54.9 Å². The Kier molecular flexibility index (Phi) is 5.99. The van der Waals surface area contributed by atoms with Gasteiger partial charge in [0.1, 0.15) is 0 Å². The number of carbonyl (C=O) groups is 2. The lowest BCUT2D eigenvalue weighted by atomic mass is 9.85. The number of nitrogens with one attached hydrogen (secondary N) is 1. The summed E-state index contributed by atoms with van der Waals surface area (Å²) < 4.78 is 0. The highest BCUT2D eigenvalue weighted by Crippen LogP contribution is 2.28. The molecule has 0 heterocycles. The number of carbonyl (C=O) groups excluding carboxylic acids is 1. The van der Waals surface area contributed by atoms with Crippen molar-refractivity contribution in [1.29, 1.82) is 0 Å². The monoisotopic (exact) mass is 345 g/mol. The second-order valence-electron chi connectivity index (χ2n) is 5.81. The molecule has 0 radical (unpaired) electrons. The Bertz CT molecular complexity index is 731. The molecule has 2 aromatic carbocycles. The molecule has 2 aromatic rings. The molecule has 0 aliphatic heterocycles. The van der Waals surface area contributed by atoms with Gasteiger partial charge in [0.05, 0.1) is 5.92 Å². The molecule has 2 N–H and O–H groups in total. The van der Waals surface area contributed by atoms with E-state index in [0.29, 0.717) is 10.7 Å². The van der Waals surface area contributed by atoms with Crippen LogP contribution in [0.15, 0.2) is 48.5 Å². The van der Waals surface area contributed by atoms with Crippen molar-refractivity contribution in [3.05, 3.63) is 64.7 Å². The SMILES string of the molecule is Cc1c(Cl)cccc1NC(=O)CC(C(=O)O)C(C)c1ccccc1. The second kappa shape index (κ2) is 7.97. The maximum atomic E-state index is 12.3. The predicted octanol–water partition coefficient (Wildman–Crippen LogP) is 4.48. The Balaban J connectivity index is 2.12. The second-order valence-corrected chi connectivity index (χ2v) is 6.22. The molecule has 1 amide bonds. The summed E-state index contributed by atoms with van der Waals surface area (Å²) in [5.41, 5.74) is 2.26. The lowest BCUT2D eigenvalue weighted by Gasteiger charge is -2.20. The fourth-order valence-corrected chi connectivity index (χ4v) is 2.79. The number of carboxylic acids is 1. The van der Waals surface area contributed by atoms with Gasteiger partial charge in [-0.2, -0.15) is 0 Å². The minimum atomic E-state index is -0.982. The Morgan fingerprint density at radius 2 is 1.79 bits per heavy atom. The molecule has 0 aromatic heterocycles. The van der Waals surface area contributed by atoms with Crippen LogP contribution < -0.4 is 5.32 Å². The molecule has 0 aliphatic rings. The normalized spacial score (nSPS) is 13.1. The zero-order valence-corrected chi connectivity index (χ0v) is 14.4. The summed E-state index contributed by atoms with van der Waals surface area (Å²) in [6.45, 7) is 3.63. The fourth-order valence-electron chi connectivity index (χ4n) is 2.61. The molecule has 24 heavy (non-hydrogen) atoms. The van der Waals surface area contributed by atoms with Gasteiger partial charge in [0, 0.05) is 17.1 Å². The third kappa shape index (κ3) is 4.36. The number of hydrogen-bond donors (Lipinski definition) is 2. The maximum absolute atomic E-state index is 12.3. The molecule has 4 nitrogen and oxygen atoms in total. The van der Waals surface area contributed by atoms with Crippen LogP contribution in [-0.4, -0.2) is 17.0 Å². The van der Waals surface area contributed by atoms with E-state index in [1.165, 1.54) is 0 Å². The standard InChI is InChI=1S/C19H20ClNO3/c1-12(14-7-4-3-5-8-14)15(19(23)24)11-18(22)21-17-10-6-9-16(20)13(17)2/h3-10,12,15H,11H2,1-2H3,(H,21,22)(H,23,24). The molecule has 0 spiro atoms. The average molecular weight is 346 g/mol. The summed E-state index contributed by atoms with van der Waals surface area (Å²) in [6, 6.07) is 14.6. The van der Waals surface area contributed by atoms with Crippen molar-refractivity contribution in [2.45, 2.75) is 26.2 Å². The van der Waals surface area contributed by atoms with E-state index in [1.54, 1.807) is 25.1 Å². The molecule has 2 rings (SSSR count). The van der Waals surface area contributed by atoms with Crippen molar-refractivity contribution < 1.29 is 14.7 Å². The summed E-state index contributed by atoms with van der Waals surface area (Å²) in [4.78, 5) is 23.9. The predicted molar refractivity (Wildman–Crippen MR) is 95.4 cm³/mol. The summed E-state index contributed by atoms with van der Waals surface area (Å²) in [5, 5.41) is 12.8. The van der Waals surface area contributed by atoms with E-state index in [2.05, 4.69) is 5.32 Å². The molecule has 126 valence electrons. The van der Waals surface area contributed by atoms with Crippen molar-refractivity contribution in [2.75, 3.05) is 5.32 Å². The molecule has 2 atom stereocenters. The molecular formula is C19H20ClNO3. The third-order valence-corrected chi connectivity index (χ3v) is 4.60. The molecule has 0 fully saturated rings. The summed E-state index contributed by atoms with van der Waals surface area (Å²) in [6.07, 6.45) is -0.0999. The van der Waals surface area contributed by atoms with Crippen LogP contribution in [0.4, 0.5) is 5.69 Å². The van der Waals surface area contributed by atoms with E-state index in [1.807, 2.05) is 37.3 Å². The number of anilines is 1. The highest BCUT2D eigenvalue weighted by Gasteiger charge is 2.28. The number of carboxylic acid groups (broad SMARTS) is 1. The summed E-state index contributed by atoms with van der Waals surface area (Å²) in [7, 11) is 0. The van der Waals surface area contributed by atoms with Gasteiger partial charge in [-0.15, -0.1) is 0 Å². The van der Waals surface area contributed by atoms with Crippen molar-refractivity contribution in [3.8, 4) is 0 Å². The Labute approximate surface area is 146 Å². The van der Waals surface area contributed by atoms with Crippen LogP contribution in [0.25, 0.3) is 0 Å². The van der Waals surface area contributed by atoms with Crippen molar-refractivity contribution >= 4 is 29.2 Å². The fraction of sp³-hybridized carbons (Fsp3) is 0.263. The summed E-state index contributed by atoms with van der Waals surface area (Å²) >= 11 is 6.04. The number of rotatable bonds is 6. The zero-order chi connectivity index (χ0) is 17.7. The molecule has 2 unspecified atom stereocenters. The minimum Gasteiger partial charge on any atom is -0.481 e. The summed E-state index contributed by atoms with van der Waals surface area (Å²) in [5.74, 6) is -2.39. The number of amides is 1.